The number of guanidine groups is 1. The first-order valence-corrected chi connectivity index (χ1v) is 7.74. The molecule has 0 saturated carbocycles. The third-order valence-electron chi connectivity index (χ3n) is 3.28. The van der Waals surface area contributed by atoms with Crippen molar-refractivity contribution in [2.75, 3.05) is 32.6 Å². The summed E-state index contributed by atoms with van der Waals surface area (Å²) >= 11 is 0. The molecular formula is C16H29N5. The predicted molar refractivity (Wildman–Crippen MR) is 90.9 cm³/mol. The molecule has 0 aliphatic carbocycles. The zero-order valence-electron chi connectivity index (χ0n) is 13.8. The minimum Gasteiger partial charge on any atom is -0.362 e. The van der Waals surface area contributed by atoms with Gasteiger partial charge in [-0.3, -0.25) is 4.99 Å². The van der Waals surface area contributed by atoms with Gasteiger partial charge in [-0.25, -0.2) is 4.98 Å². The minimum atomic E-state index is 0.718. The highest BCUT2D eigenvalue weighted by molar-refractivity contribution is 5.79. The topological polar surface area (TPSA) is 52.6 Å². The molecule has 0 fully saturated rings. The molecule has 0 aromatic carbocycles. The minimum absolute atomic E-state index is 0.718. The molecule has 0 aliphatic heterocycles. The molecule has 5 heteroatoms. The van der Waals surface area contributed by atoms with Gasteiger partial charge in [-0.05, 0) is 12.5 Å². The summed E-state index contributed by atoms with van der Waals surface area (Å²) in [4.78, 5) is 10.7. The number of aliphatic imine (C=N–C) groups is 1. The van der Waals surface area contributed by atoms with E-state index in [1.165, 1.54) is 25.7 Å². The Morgan fingerprint density at radius 2 is 2.05 bits per heavy atom. The largest absolute Gasteiger partial charge is 0.362 e. The number of hydrogen-bond acceptors (Lipinski definition) is 3. The first-order chi connectivity index (χ1) is 10.2. The summed E-state index contributed by atoms with van der Waals surface area (Å²) in [5.41, 5.74) is 1.16. The SMILES string of the molecule is CCCCCCNC(=NC)NCc1cccnc1N(C)C. The fourth-order valence-corrected chi connectivity index (χ4v) is 2.13. The summed E-state index contributed by atoms with van der Waals surface area (Å²) < 4.78 is 0. The lowest BCUT2D eigenvalue weighted by Gasteiger charge is -2.17. The number of unbranched alkanes of at least 4 members (excludes halogenated alkanes) is 3. The van der Waals surface area contributed by atoms with Gasteiger partial charge >= 0.3 is 0 Å². The quantitative estimate of drug-likeness (QED) is 0.439. The molecule has 21 heavy (non-hydrogen) atoms. The summed E-state index contributed by atoms with van der Waals surface area (Å²) in [5.74, 6) is 1.84. The number of pyridine rings is 1. The van der Waals surface area contributed by atoms with Crippen LogP contribution in [0.1, 0.15) is 38.2 Å². The number of rotatable bonds is 8. The molecule has 0 aliphatic rings. The van der Waals surface area contributed by atoms with Crippen molar-refractivity contribution < 1.29 is 0 Å². The molecule has 2 N–H and O–H groups in total. The lowest BCUT2D eigenvalue weighted by Crippen LogP contribution is -2.37. The first-order valence-electron chi connectivity index (χ1n) is 7.74. The maximum Gasteiger partial charge on any atom is 0.191 e. The molecule has 1 aromatic rings. The Hall–Kier alpha value is -1.78. The van der Waals surface area contributed by atoms with Crippen LogP contribution in [-0.4, -0.2) is 38.6 Å². The van der Waals surface area contributed by atoms with E-state index >= 15 is 0 Å². The van der Waals surface area contributed by atoms with Gasteiger partial charge in [-0.2, -0.15) is 0 Å². The second kappa shape index (κ2) is 10.0. The van der Waals surface area contributed by atoms with Gasteiger partial charge in [-0.1, -0.05) is 32.3 Å². The highest BCUT2D eigenvalue weighted by Crippen LogP contribution is 2.13. The normalized spacial score (nSPS) is 11.3. The van der Waals surface area contributed by atoms with Gasteiger partial charge in [0.1, 0.15) is 5.82 Å². The first kappa shape index (κ1) is 17.3. The molecule has 0 radical (unpaired) electrons. The maximum atomic E-state index is 4.40. The highest BCUT2D eigenvalue weighted by atomic mass is 15.2. The summed E-state index contributed by atoms with van der Waals surface area (Å²) in [6.07, 6.45) is 6.84. The molecule has 0 saturated heterocycles. The van der Waals surface area contributed by atoms with Crippen LogP contribution in [0.4, 0.5) is 5.82 Å². The second-order valence-corrected chi connectivity index (χ2v) is 5.29. The van der Waals surface area contributed by atoms with Crippen LogP contribution in [0.2, 0.25) is 0 Å². The van der Waals surface area contributed by atoms with Crippen molar-refractivity contribution in [3.8, 4) is 0 Å². The third-order valence-corrected chi connectivity index (χ3v) is 3.28. The van der Waals surface area contributed by atoms with Crippen molar-refractivity contribution >= 4 is 11.8 Å². The van der Waals surface area contributed by atoms with Crippen LogP contribution in [-0.2, 0) is 6.54 Å². The van der Waals surface area contributed by atoms with E-state index in [0.717, 1.165) is 30.4 Å². The Kier molecular flexibility index (Phi) is 8.24. The number of nitrogens with zero attached hydrogens (tertiary/aromatic N) is 3. The second-order valence-electron chi connectivity index (χ2n) is 5.29. The van der Waals surface area contributed by atoms with Gasteiger partial charge in [0.25, 0.3) is 0 Å². The average Bonchev–Trinajstić information content (AvgIpc) is 2.50. The molecule has 1 aromatic heterocycles. The molecule has 118 valence electrons. The number of hydrogen-bond donors (Lipinski definition) is 2. The molecule has 0 bridgehead atoms. The number of nitrogens with one attached hydrogen (secondary N) is 2. The Labute approximate surface area is 128 Å². The standard InChI is InChI=1S/C16H29N5/c1-5-6-7-8-11-19-16(17-2)20-13-14-10-9-12-18-15(14)21(3)4/h9-10,12H,5-8,11,13H2,1-4H3,(H2,17,19,20). The van der Waals surface area contributed by atoms with Crippen molar-refractivity contribution in [3.63, 3.8) is 0 Å². The maximum absolute atomic E-state index is 4.40. The van der Waals surface area contributed by atoms with Gasteiger partial charge in [-0.15, -0.1) is 0 Å². The van der Waals surface area contributed by atoms with Crippen molar-refractivity contribution in [1.82, 2.24) is 15.6 Å². The number of anilines is 1. The summed E-state index contributed by atoms with van der Waals surface area (Å²) in [5, 5.41) is 6.70. The lowest BCUT2D eigenvalue weighted by atomic mass is 10.2. The third kappa shape index (κ3) is 6.47. The molecule has 5 nitrogen and oxygen atoms in total. The molecular weight excluding hydrogens is 262 g/mol. The highest BCUT2D eigenvalue weighted by Gasteiger charge is 2.05. The van der Waals surface area contributed by atoms with E-state index in [9.17, 15) is 0 Å². The van der Waals surface area contributed by atoms with E-state index in [2.05, 4.69) is 33.6 Å². The summed E-state index contributed by atoms with van der Waals surface area (Å²) in [7, 11) is 5.82. The van der Waals surface area contributed by atoms with Crippen LogP contribution in [0.15, 0.2) is 23.3 Å². The zero-order chi connectivity index (χ0) is 15.5. The van der Waals surface area contributed by atoms with Gasteiger partial charge in [0, 0.05) is 46.0 Å². The zero-order valence-corrected chi connectivity index (χ0v) is 13.8. The van der Waals surface area contributed by atoms with Crippen LogP contribution in [0, 0.1) is 0 Å². The van der Waals surface area contributed by atoms with Crippen LogP contribution in [0.3, 0.4) is 0 Å². The van der Waals surface area contributed by atoms with Crippen molar-refractivity contribution in [2.45, 2.75) is 39.2 Å². The monoisotopic (exact) mass is 291 g/mol. The van der Waals surface area contributed by atoms with E-state index < -0.39 is 0 Å². The fourth-order valence-electron chi connectivity index (χ4n) is 2.13. The Morgan fingerprint density at radius 3 is 2.71 bits per heavy atom. The molecule has 0 amide bonds. The van der Waals surface area contributed by atoms with E-state index in [0.29, 0.717) is 0 Å². The van der Waals surface area contributed by atoms with E-state index in [4.69, 9.17) is 0 Å². The molecule has 1 heterocycles. The van der Waals surface area contributed by atoms with Crippen LogP contribution < -0.4 is 15.5 Å². The van der Waals surface area contributed by atoms with Gasteiger partial charge < -0.3 is 15.5 Å². The molecule has 0 spiro atoms. The van der Waals surface area contributed by atoms with Gasteiger partial charge in [0.2, 0.25) is 0 Å². The summed E-state index contributed by atoms with van der Waals surface area (Å²) in [6, 6.07) is 4.05. The fraction of sp³-hybridized carbons (Fsp3) is 0.625. The van der Waals surface area contributed by atoms with Crippen LogP contribution >= 0.6 is 0 Å². The summed E-state index contributed by atoms with van der Waals surface area (Å²) in [6.45, 7) is 3.91. The molecule has 0 atom stereocenters. The average molecular weight is 291 g/mol. The van der Waals surface area contributed by atoms with Crippen molar-refractivity contribution in [2.24, 2.45) is 4.99 Å². The Bertz CT molecular complexity index is 428. The van der Waals surface area contributed by atoms with E-state index in [1.807, 2.05) is 31.3 Å². The van der Waals surface area contributed by atoms with E-state index in [1.54, 1.807) is 7.05 Å². The lowest BCUT2D eigenvalue weighted by molar-refractivity contribution is 0.647. The van der Waals surface area contributed by atoms with Gasteiger partial charge in [0.05, 0.1) is 0 Å². The predicted octanol–water partition coefficient (Wildman–Crippen LogP) is 2.39. The smallest absolute Gasteiger partial charge is 0.191 e. The molecule has 0 unspecified atom stereocenters. The van der Waals surface area contributed by atoms with Gasteiger partial charge in [0.15, 0.2) is 5.96 Å². The van der Waals surface area contributed by atoms with Crippen LogP contribution in [0.25, 0.3) is 0 Å². The Balaban J connectivity index is 2.42. The van der Waals surface area contributed by atoms with Crippen molar-refractivity contribution in [3.05, 3.63) is 23.9 Å². The molecule has 1 rings (SSSR count). The Morgan fingerprint density at radius 1 is 1.24 bits per heavy atom. The van der Waals surface area contributed by atoms with E-state index in [-0.39, 0.29) is 0 Å². The van der Waals surface area contributed by atoms with Crippen LogP contribution in [0.5, 0.6) is 0 Å². The van der Waals surface area contributed by atoms with Crippen molar-refractivity contribution in [1.29, 1.82) is 0 Å². The number of aromatic nitrogens is 1.